The van der Waals surface area contributed by atoms with E-state index in [4.69, 9.17) is 10.9 Å². The molecular weight excluding hydrogens is 505 g/mol. The van der Waals surface area contributed by atoms with Crippen molar-refractivity contribution in [3.8, 4) is 22.3 Å². The Morgan fingerprint density at radius 3 is 2.45 bits per heavy atom. The molecule has 5 rings (SSSR count). The fourth-order valence-electron chi connectivity index (χ4n) is 4.79. The van der Waals surface area contributed by atoms with E-state index in [1.165, 1.54) is 12.4 Å². The molecular formula is C27H22F5N5O. The van der Waals surface area contributed by atoms with Gasteiger partial charge in [0.2, 0.25) is 0 Å². The molecule has 0 unspecified atom stereocenters. The molecule has 1 fully saturated rings. The predicted molar refractivity (Wildman–Crippen MR) is 134 cm³/mol. The van der Waals surface area contributed by atoms with Gasteiger partial charge >= 0.3 is 6.18 Å². The topological polar surface area (TPSA) is 87.6 Å². The number of aromatic nitrogens is 2. The molecule has 11 heteroatoms. The molecule has 0 bridgehead atoms. The van der Waals surface area contributed by atoms with Crippen LogP contribution in [0.3, 0.4) is 0 Å². The molecule has 1 aliphatic rings. The quantitative estimate of drug-likeness (QED) is 0.147. The zero-order valence-electron chi connectivity index (χ0n) is 19.9. The first-order valence-corrected chi connectivity index (χ1v) is 11.8. The number of rotatable bonds is 4. The molecule has 0 spiro atoms. The van der Waals surface area contributed by atoms with E-state index in [0.717, 1.165) is 24.5 Å². The highest BCUT2D eigenvalue weighted by Gasteiger charge is 2.32. The van der Waals surface area contributed by atoms with Crippen LogP contribution in [-0.2, 0) is 6.18 Å². The summed E-state index contributed by atoms with van der Waals surface area (Å²) in [7, 11) is 0. The van der Waals surface area contributed by atoms with Crippen molar-refractivity contribution in [2.24, 2.45) is 10.9 Å². The SMILES string of the molecule is NC1CCN(c2c(-c3cc(F)cc(C(F)(F)F)c3)cnc3ccc(-c4cncc(F)c4C=NO)cc23)CC1. The molecule has 2 aromatic heterocycles. The van der Waals surface area contributed by atoms with Crippen molar-refractivity contribution in [3.63, 3.8) is 0 Å². The monoisotopic (exact) mass is 527 g/mol. The summed E-state index contributed by atoms with van der Waals surface area (Å²) in [6, 6.07) is 7.52. The van der Waals surface area contributed by atoms with Crippen LogP contribution < -0.4 is 10.6 Å². The summed E-state index contributed by atoms with van der Waals surface area (Å²) < 4.78 is 69.4. The standard InChI is InChI=1S/C27H22F5N5O/c28-18-8-16(7-17(10-18)27(30,31)32)22-12-35-25-2-1-15(21-11-34-14-24(29)23(21)13-36-38)9-20(25)26(22)37-5-3-19(33)4-6-37/h1-2,7-14,19,38H,3-6,33H2. The van der Waals surface area contributed by atoms with E-state index < -0.39 is 23.4 Å². The van der Waals surface area contributed by atoms with Gasteiger partial charge in [-0.2, -0.15) is 13.2 Å². The molecule has 3 heterocycles. The Balaban J connectivity index is 1.77. The molecule has 3 N–H and O–H groups in total. The number of nitrogens with two attached hydrogens (primary N) is 1. The van der Waals surface area contributed by atoms with Crippen LogP contribution in [0.5, 0.6) is 0 Å². The van der Waals surface area contributed by atoms with Gasteiger partial charge in [0, 0.05) is 53.6 Å². The Hall–Kier alpha value is -4.12. The van der Waals surface area contributed by atoms with E-state index >= 15 is 0 Å². The third kappa shape index (κ3) is 4.89. The smallest absolute Gasteiger partial charge is 0.411 e. The molecule has 0 radical (unpaired) electrons. The lowest BCUT2D eigenvalue weighted by Gasteiger charge is -2.34. The number of alkyl halides is 3. The van der Waals surface area contributed by atoms with Gasteiger partial charge in [-0.25, -0.2) is 8.78 Å². The van der Waals surface area contributed by atoms with E-state index in [9.17, 15) is 22.0 Å². The number of piperidine rings is 1. The Morgan fingerprint density at radius 1 is 0.974 bits per heavy atom. The molecule has 196 valence electrons. The molecule has 0 aliphatic carbocycles. The first-order valence-electron chi connectivity index (χ1n) is 11.8. The van der Waals surface area contributed by atoms with Gasteiger partial charge in [0.15, 0.2) is 5.82 Å². The van der Waals surface area contributed by atoms with Crippen molar-refractivity contribution in [1.29, 1.82) is 0 Å². The number of fused-ring (bicyclic) bond motifs is 1. The van der Waals surface area contributed by atoms with Crippen molar-refractivity contribution in [1.82, 2.24) is 9.97 Å². The van der Waals surface area contributed by atoms with E-state index in [0.29, 0.717) is 65.3 Å². The van der Waals surface area contributed by atoms with Crippen LogP contribution >= 0.6 is 0 Å². The van der Waals surface area contributed by atoms with Crippen LogP contribution in [0.1, 0.15) is 24.0 Å². The van der Waals surface area contributed by atoms with Gasteiger partial charge < -0.3 is 15.8 Å². The van der Waals surface area contributed by atoms with Crippen molar-refractivity contribution >= 4 is 22.8 Å². The van der Waals surface area contributed by atoms with Crippen LogP contribution in [-0.4, -0.2) is 40.5 Å². The molecule has 2 aromatic carbocycles. The van der Waals surface area contributed by atoms with Gasteiger partial charge in [0.25, 0.3) is 0 Å². The molecule has 0 amide bonds. The summed E-state index contributed by atoms with van der Waals surface area (Å²) in [6.45, 7) is 1.06. The first-order chi connectivity index (χ1) is 18.2. The Labute approximate surface area is 214 Å². The van der Waals surface area contributed by atoms with Crippen LogP contribution in [0.15, 0.2) is 60.1 Å². The first kappa shape index (κ1) is 25.5. The van der Waals surface area contributed by atoms with Gasteiger partial charge in [-0.3, -0.25) is 9.97 Å². The van der Waals surface area contributed by atoms with Crippen molar-refractivity contribution in [3.05, 3.63) is 77.8 Å². The predicted octanol–water partition coefficient (Wildman–Crippen LogP) is 6.00. The minimum absolute atomic E-state index is 0.0106. The number of halogens is 5. The Bertz CT molecular complexity index is 1530. The Kier molecular flexibility index (Phi) is 6.70. The molecule has 0 atom stereocenters. The summed E-state index contributed by atoms with van der Waals surface area (Å²) in [5, 5.41) is 12.6. The molecule has 4 aromatic rings. The maximum absolute atomic E-state index is 14.5. The molecule has 1 aliphatic heterocycles. The minimum Gasteiger partial charge on any atom is -0.411 e. The number of anilines is 1. The molecule has 1 saturated heterocycles. The molecule has 6 nitrogen and oxygen atoms in total. The van der Waals surface area contributed by atoms with E-state index in [1.807, 2.05) is 4.90 Å². The van der Waals surface area contributed by atoms with Gasteiger partial charge in [-0.05, 0) is 54.3 Å². The van der Waals surface area contributed by atoms with Crippen LogP contribution in [0.4, 0.5) is 27.6 Å². The van der Waals surface area contributed by atoms with Gasteiger partial charge in [-0.1, -0.05) is 11.2 Å². The number of benzene rings is 2. The van der Waals surface area contributed by atoms with E-state index in [1.54, 1.807) is 18.2 Å². The maximum Gasteiger partial charge on any atom is 0.416 e. The summed E-state index contributed by atoms with van der Waals surface area (Å²) in [5.41, 5.74) is 7.32. The van der Waals surface area contributed by atoms with Crippen LogP contribution in [0, 0.1) is 11.6 Å². The van der Waals surface area contributed by atoms with Gasteiger partial charge in [0.05, 0.1) is 29.2 Å². The fraction of sp³-hybridized carbons (Fsp3) is 0.222. The third-order valence-electron chi connectivity index (χ3n) is 6.67. The van der Waals surface area contributed by atoms with Crippen LogP contribution in [0.2, 0.25) is 0 Å². The molecule has 0 saturated carbocycles. The normalized spacial score (nSPS) is 15.1. The maximum atomic E-state index is 14.5. The number of nitrogens with zero attached hydrogens (tertiary/aromatic N) is 4. The second-order valence-corrected chi connectivity index (χ2v) is 9.13. The highest BCUT2D eigenvalue weighted by Crippen LogP contribution is 2.41. The second kappa shape index (κ2) is 9.97. The summed E-state index contributed by atoms with van der Waals surface area (Å²) in [4.78, 5) is 10.4. The number of hydrogen-bond donors (Lipinski definition) is 2. The number of hydrogen-bond acceptors (Lipinski definition) is 6. The number of pyridine rings is 2. The average Bonchev–Trinajstić information content (AvgIpc) is 2.88. The fourth-order valence-corrected chi connectivity index (χ4v) is 4.79. The van der Waals surface area contributed by atoms with E-state index in [2.05, 4.69) is 15.1 Å². The lowest BCUT2D eigenvalue weighted by Crippen LogP contribution is -2.40. The second-order valence-electron chi connectivity index (χ2n) is 9.13. The van der Waals surface area contributed by atoms with Crippen molar-refractivity contribution < 1.29 is 27.2 Å². The van der Waals surface area contributed by atoms with Gasteiger partial charge in [-0.15, -0.1) is 0 Å². The van der Waals surface area contributed by atoms with Crippen molar-refractivity contribution in [2.45, 2.75) is 25.1 Å². The summed E-state index contributed by atoms with van der Waals surface area (Å²) >= 11 is 0. The Morgan fingerprint density at radius 2 is 1.74 bits per heavy atom. The molecule has 38 heavy (non-hydrogen) atoms. The summed E-state index contributed by atoms with van der Waals surface area (Å²) in [6.07, 6.45) is 1.39. The highest BCUT2D eigenvalue weighted by atomic mass is 19.4. The van der Waals surface area contributed by atoms with Gasteiger partial charge in [0.1, 0.15) is 5.82 Å². The van der Waals surface area contributed by atoms with E-state index in [-0.39, 0.29) is 17.2 Å². The lowest BCUT2D eigenvalue weighted by molar-refractivity contribution is -0.137. The average molecular weight is 527 g/mol. The minimum atomic E-state index is -4.73. The van der Waals surface area contributed by atoms with Crippen molar-refractivity contribution in [2.75, 3.05) is 18.0 Å². The zero-order valence-corrected chi connectivity index (χ0v) is 19.9. The zero-order chi connectivity index (χ0) is 27.0. The third-order valence-corrected chi connectivity index (χ3v) is 6.67. The lowest BCUT2D eigenvalue weighted by atomic mass is 9.95. The largest absolute Gasteiger partial charge is 0.416 e. The number of oxime groups is 1. The summed E-state index contributed by atoms with van der Waals surface area (Å²) in [5.74, 6) is -1.72. The van der Waals surface area contributed by atoms with Crippen LogP contribution in [0.25, 0.3) is 33.2 Å². The highest BCUT2D eigenvalue weighted by molar-refractivity contribution is 6.02.